The van der Waals surface area contributed by atoms with Gasteiger partial charge in [-0.25, -0.2) is 0 Å². The van der Waals surface area contributed by atoms with Crippen LogP contribution >= 0.6 is 11.6 Å². The smallest absolute Gasteiger partial charge is 0.233 e. The second kappa shape index (κ2) is 8.34. The molecular weight excluding hydrogens is 380 g/mol. The monoisotopic (exact) mass is 408 g/mol. The number of allylic oxidation sites excluding steroid dienone is 4. The van der Waals surface area contributed by atoms with Crippen molar-refractivity contribution < 1.29 is 24.6 Å². The number of hydrogen-bond acceptors (Lipinski definition) is 5. The highest BCUT2D eigenvalue weighted by molar-refractivity contribution is 6.53. The van der Waals surface area contributed by atoms with E-state index in [9.17, 15) is 24.6 Å². The highest BCUT2D eigenvalue weighted by atomic mass is 35.5. The van der Waals surface area contributed by atoms with Gasteiger partial charge in [-0.1, -0.05) is 38.4 Å². The summed E-state index contributed by atoms with van der Waals surface area (Å²) in [5, 5.41) is 20.7. The van der Waals surface area contributed by atoms with Gasteiger partial charge in [0.15, 0.2) is 0 Å². The van der Waals surface area contributed by atoms with Gasteiger partial charge in [0.05, 0.1) is 16.7 Å². The Hall–Kier alpha value is -1.72. The van der Waals surface area contributed by atoms with E-state index in [0.29, 0.717) is 24.3 Å². The summed E-state index contributed by atoms with van der Waals surface area (Å²) in [7, 11) is 0. The van der Waals surface area contributed by atoms with Crippen molar-refractivity contribution in [2.24, 2.45) is 17.3 Å². The molecule has 0 radical (unpaired) electrons. The van der Waals surface area contributed by atoms with E-state index in [1.807, 2.05) is 13.8 Å². The summed E-state index contributed by atoms with van der Waals surface area (Å²) < 4.78 is 0. The summed E-state index contributed by atoms with van der Waals surface area (Å²) in [4.78, 5) is 36.3. The van der Waals surface area contributed by atoms with Gasteiger partial charge in [0.1, 0.15) is 11.5 Å². The molecule has 2 aliphatic rings. The lowest BCUT2D eigenvalue weighted by atomic mass is 9.59. The lowest BCUT2D eigenvalue weighted by Gasteiger charge is -2.45. The van der Waals surface area contributed by atoms with E-state index in [1.165, 1.54) is 6.92 Å². The van der Waals surface area contributed by atoms with Crippen molar-refractivity contribution in [3.63, 3.8) is 0 Å². The summed E-state index contributed by atoms with van der Waals surface area (Å²) >= 11 is 5.94. The zero-order chi connectivity index (χ0) is 21.4. The van der Waals surface area contributed by atoms with E-state index in [2.05, 4.69) is 6.92 Å². The molecule has 4 atom stereocenters. The minimum absolute atomic E-state index is 0.00352. The quantitative estimate of drug-likeness (QED) is 0.404. The maximum absolute atomic E-state index is 12.2. The van der Waals surface area contributed by atoms with Gasteiger partial charge in [0.2, 0.25) is 11.6 Å². The second-order valence-electron chi connectivity index (χ2n) is 8.43. The minimum Gasteiger partial charge on any atom is -0.506 e. The minimum atomic E-state index is -0.786. The van der Waals surface area contributed by atoms with Crippen LogP contribution in [-0.4, -0.2) is 33.7 Å². The maximum Gasteiger partial charge on any atom is 0.233 e. The van der Waals surface area contributed by atoms with Crippen LogP contribution in [-0.2, 0) is 14.4 Å². The van der Waals surface area contributed by atoms with Gasteiger partial charge in [-0.2, -0.15) is 0 Å². The van der Waals surface area contributed by atoms with Crippen LogP contribution in [0.5, 0.6) is 0 Å². The molecule has 0 aromatic heterocycles. The lowest BCUT2D eigenvalue weighted by Crippen LogP contribution is -2.43. The summed E-state index contributed by atoms with van der Waals surface area (Å²) in [6.07, 6.45) is 2.68. The first-order valence-corrected chi connectivity index (χ1v) is 10.0. The number of rotatable bonds is 5. The number of ketones is 3. The van der Waals surface area contributed by atoms with Crippen molar-refractivity contribution in [3.8, 4) is 0 Å². The van der Waals surface area contributed by atoms with Gasteiger partial charge in [-0.3, -0.25) is 14.4 Å². The molecule has 2 aliphatic carbocycles. The molecule has 6 heteroatoms. The first-order chi connectivity index (χ1) is 12.9. The fraction of sp³-hybridized carbons (Fsp3) is 0.591. The van der Waals surface area contributed by atoms with Crippen molar-refractivity contribution in [2.45, 2.75) is 66.4 Å². The van der Waals surface area contributed by atoms with Crippen molar-refractivity contribution in [1.29, 1.82) is 0 Å². The summed E-state index contributed by atoms with van der Waals surface area (Å²) in [6.45, 7) is 9.22. The molecule has 0 spiro atoms. The van der Waals surface area contributed by atoms with Crippen LogP contribution in [0.15, 0.2) is 33.6 Å². The van der Waals surface area contributed by atoms with Crippen LogP contribution in [0.4, 0.5) is 0 Å². The van der Waals surface area contributed by atoms with Crippen molar-refractivity contribution in [3.05, 3.63) is 33.6 Å². The lowest BCUT2D eigenvalue weighted by molar-refractivity contribution is -0.133. The highest BCUT2D eigenvalue weighted by Gasteiger charge is 2.44. The third kappa shape index (κ3) is 4.01. The number of Topliss-reactive ketones (excluding diaryl/α,β-unsaturated/α-hetero) is 3. The van der Waals surface area contributed by atoms with E-state index in [1.54, 1.807) is 13.0 Å². The summed E-state index contributed by atoms with van der Waals surface area (Å²) in [5.74, 6) is -1.47. The Kier molecular flexibility index (Phi) is 6.72. The molecule has 0 amide bonds. The number of aliphatic hydroxyl groups is 2. The number of hydrogen-bond donors (Lipinski definition) is 2. The van der Waals surface area contributed by atoms with Gasteiger partial charge in [0, 0.05) is 17.9 Å². The fourth-order valence-electron chi connectivity index (χ4n) is 4.07. The zero-order valence-electron chi connectivity index (χ0n) is 17.1. The zero-order valence-corrected chi connectivity index (χ0v) is 17.9. The average molecular weight is 409 g/mol. The molecule has 0 aliphatic heterocycles. The molecule has 2 N–H and O–H groups in total. The molecule has 154 valence electrons. The third-order valence-electron chi connectivity index (χ3n) is 6.85. The van der Waals surface area contributed by atoms with Crippen LogP contribution in [0.25, 0.3) is 0 Å². The molecule has 0 aromatic carbocycles. The van der Waals surface area contributed by atoms with Crippen molar-refractivity contribution in [1.82, 2.24) is 0 Å². The van der Waals surface area contributed by atoms with Gasteiger partial charge in [-0.15, -0.1) is 0 Å². The Labute approximate surface area is 171 Å². The summed E-state index contributed by atoms with van der Waals surface area (Å²) in [5.41, 5.74) is 0.284. The Morgan fingerprint density at radius 3 is 2.50 bits per heavy atom. The predicted molar refractivity (Wildman–Crippen MR) is 108 cm³/mol. The average Bonchev–Trinajstić information content (AvgIpc) is 2.66. The largest absolute Gasteiger partial charge is 0.506 e. The van der Waals surface area contributed by atoms with Crippen molar-refractivity contribution in [2.75, 3.05) is 0 Å². The number of carbonyl (C=O) groups excluding carboxylic acids is 3. The Morgan fingerprint density at radius 2 is 1.89 bits per heavy atom. The number of halogens is 1. The molecule has 5 nitrogen and oxygen atoms in total. The topological polar surface area (TPSA) is 91.7 Å². The van der Waals surface area contributed by atoms with Crippen LogP contribution in [0, 0.1) is 17.3 Å². The fourth-order valence-corrected chi connectivity index (χ4v) is 4.27. The molecule has 0 unspecified atom stereocenters. The van der Waals surface area contributed by atoms with E-state index in [0.717, 1.165) is 6.42 Å². The highest BCUT2D eigenvalue weighted by Crippen LogP contribution is 2.47. The molecule has 2 rings (SSSR count). The van der Waals surface area contributed by atoms with Crippen molar-refractivity contribution >= 4 is 29.0 Å². The van der Waals surface area contributed by atoms with Crippen LogP contribution in [0.3, 0.4) is 0 Å². The predicted octanol–water partition coefficient (Wildman–Crippen LogP) is 4.19. The molecule has 0 saturated heterocycles. The molecule has 0 heterocycles. The van der Waals surface area contributed by atoms with E-state index < -0.39 is 17.7 Å². The third-order valence-corrected chi connectivity index (χ3v) is 7.32. The van der Waals surface area contributed by atoms with E-state index >= 15 is 0 Å². The maximum atomic E-state index is 12.2. The number of carbonyl (C=O) groups is 3. The Bertz CT molecular complexity index is 804. The molecule has 0 bridgehead atoms. The standard InChI is InChI=1S/C22H29ClO5/c1-11(6-8-15-20(27)18(23)13(3)19(26)21(15)28)17(25)10-22(5)12(2)7-9-16(24)14(22)4/h6,12,14,17,25,27H,7-10H2,1-5H3/b11-6+/t12-,14-,17-,22-/m0/s1. The first-order valence-electron chi connectivity index (χ1n) is 9.67. The second-order valence-corrected chi connectivity index (χ2v) is 8.81. The molecule has 28 heavy (non-hydrogen) atoms. The Morgan fingerprint density at radius 1 is 1.29 bits per heavy atom. The number of aliphatic hydroxyl groups excluding tert-OH is 2. The van der Waals surface area contributed by atoms with Crippen LogP contribution < -0.4 is 0 Å². The van der Waals surface area contributed by atoms with Gasteiger partial charge in [-0.05, 0) is 50.0 Å². The van der Waals surface area contributed by atoms with Gasteiger partial charge >= 0.3 is 0 Å². The summed E-state index contributed by atoms with van der Waals surface area (Å²) in [6, 6.07) is 0. The molecule has 1 fully saturated rings. The van der Waals surface area contributed by atoms with Crippen LogP contribution in [0.1, 0.15) is 60.3 Å². The van der Waals surface area contributed by atoms with Gasteiger partial charge in [0.25, 0.3) is 0 Å². The SMILES string of the molecule is CC1=C(Cl)C(O)=C(C/C=C(\C)[C@@H](O)C[C@@]2(C)[C@@H](C)CCC(=O)[C@@H]2C)C(=O)C1=O. The van der Waals surface area contributed by atoms with E-state index in [-0.39, 0.29) is 45.5 Å². The molecular formula is C22H29ClO5. The van der Waals surface area contributed by atoms with Crippen LogP contribution in [0.2, 0.25) is 0 Å². The van der Waals surface area contributed by atoms with E-state index in [4.69, 9.17) is 11.6 Å². The first kappa shape index (κ1) is 22.6. The van der Waals surface area contributed by atoms with Gasteiger partial charge < -0.3 is 10.2 Å². The Balaban J connectivity index is 2.18. The molecule has 1 saturated carbocycles. The normalized spacial score (nSPS) is 31.0. The molecule has 0 aromatic rings.